The van der Waals surface area contributed by atoms with Crippen LogP contribution in [0.1, 0.15) is 10.4 Å². The lowest BCUT2D eigenvalue weighted by atomic mass is 10.1. The number of phenols is 1. The van der Waals surface area contributed by atoms with Gasteiger partial charge in [0.1, 0.15) is 12.1 Å². The van der Waals surface area contributed by atoms with E-state index < -0.39 is 5.91 Å². The molecule has 0 spiro atoms. The second-order valence-corrected chi connectivity index (χ2v) is 4.82. The molecule has 0 radical (unpaired) electrons. The summed E-state index contributed by atoms with van der Waals surface area (Å²) in [5, 5.41) is 23.7. The number of hydrogen-bond donors (Lipinski definition) is 2. The van der Waals surface area contributed by atoms with Crippen LogP contribution in [0.15, 0.2) is 48.8 Å². The first-order valence-electron chi connectivity index (χ1n) is 6.27. The molecule has 0 aliphatic rings. The summed E-state index contributed by atoms with van der Waals surface area (Å²) in [4.78, 5) is 12.4. The first kappa shape index (κ1) is 14.0. The molecular weight excluding hydrogens is 306 g/mol. The van der Waals surface area contributed by atoms with Gasteiger partial charge in [-0.1, -0.05) is 23.7 Å². The first-order chi connectivity index (χ1) is 10.6. The summed E-state index contributed by atoms with van der Waals surface area (Å²) >= 11 is 5.97. The van der Waals surface area contributed by atoms with E-state index in [4.69, 9.17) is 11.6 Å². The average Bonchev–Trinajstić information content (AvgIpc) is 3.03. The fraction of sp³-hybridized carbons (Fsp3) is 0. The third kappa shape index (κ3) is 2.75. The van der Waals surface area contributed by atoms with E-state index in [0.717, 1.165) is 0 Å². The number of aromatic hydroxyl groups is 1. The van der Waals surface area contributed by atoms with Crippen molar-refractivity contribution in [2.75, 3.05) is 5.32 Å². The van der Waals surface area contributed by atoms with E-state index in [-0.39, 0.29) is 5.75 Å². The predicted molar refractivity (Wildman–Crippen MR) is 80.2 cm³/mol. The van der Waals surface area contributed by atoms with Gasteiger partial charge >= 0.3 is 0 Å². The maximum atomic E-state index is 12.4. The lowest BCUT2D eigenvalue weighted by molar-refractivity contribution is 0.102. The smallest absolute Gasteiger partial charge is 0.257 e. The number of phenolic OH excluding ortho intramolecular Hbond substituents is 1. The molecule has 0 fully saturated rings. The van der Waals surface area contributed by atoms with Crippen LogP contribution < -0.4 is 5.32 Å². The van der Waals surface area contributed by atoms with Gasteiger partial charge in [0, 0.05) is 5.02 Å². The van der Waals surface area contributed by atoms with Gasteiger partial charge in [-0.2, -0.15) is 4.68 Å². The van der Waals surface area contributed by atoms with E-state index in [9.17, 15) is 9.90 Å². The molecule has 3 rings (SSSR count). The molecule has 7 nitrogen and oxygen atoms in total. The van der Waals surface area contributed by atoms with Crippen LogP contribution >= 0.6 is 11.6 Å². The third-order valence-electron chi connectivity index (χ3n) is 2.95. The number of hydrogen-bond acceptors (Lipinski definition) is 5. The number of amides is 1. The van der Waals surface area contributed by atoms with Crippen molar-refractivity contribution in [2.45, 2.75) is 0 Å². The van der Waals surface area contributed by atoms with Crippen molar-refractivity contribution >= 4 is 23.2 Å². The van der Waals surface area contributed by atoms with E-state index in [0.29, 0.717) is 22.0 Å². The maximum Gasteiger partial charge on any atom is 0.257 e. The molecule has 0 aliphatic heterocycles. The van der Waals surface area contributed by atoms with Gasteiger partial charge in [-0.25, -0.2) is 0 Å². The SMILES string of the molecule is O=C(Nc1ccccc1O)c1ccc(Cl)cc1-n1cnnn1. The van der Waals surface area contributed by atoms with Gasteiger partial charge in [0.2, 0.25) is 0 Å². The zero-order valence-corrected chi connectivity index (χ0v) is 11.9. The monoisotopic (exact) mass is 315 g/mol. The highest BCUT2D eigenvalue weighted by Crippen LogP contribution is 2.24. The molecule has 0 atom stereocenters. The van der Waals surface area contributed by atoms with E-state index in [1.807, 2.05) is 0 Å². The van der Waals surface area contributed by atoms with E-state index in [2.05, 4.69) is 20.8 Å². The van der Waals surface area contributed by atoms with Crippen LogP contribution in [0.5, 0.6) is 5.75 Å². The Morgan fingerprint density at radius 3 is 2.77 bits per heavy atom. The standard InChI is InChI=1S/C14H10ClN5O2/c15-9-5-6-10(12(7-9)20-8-16-18-19-20)14(22)17-11-3-1-2-4-13(11)21/h1-8,21H,(H,17,22). The Labute approximate surface area is 130 Å². The van der Waals surface area contributed by atoms with Gasteiger partial charge in [0.25, 0.3) is 5.91 Å². The van der Waals surface area contributed by atoms with Gasteiger partial charge < -0.3 is 10.4 Å². The first-order valence-corrected chi connectivity index (χ1v) is 6.65. The minimum absolute atomic E-state index is 0.0196. The van der Waals surface area contributed by atoms with Gasteiger partial charge in [-0.3, -0.25) is 4.79 Å². The molecule has 1 amide bonds. The predicted octanol–water partition coefficient (Wildman–Crippen LogP) is 2.27. The number of halogens is 1. The van der Waals surface area contributed by atoms with Crippen LogP contribution in [-0.2, 0) is 0 Å². The molecule has 1 heterocycles. The van der Waals surface area contributed by atoms with E-state index >= 15 is 0 Å². The highest BCUT2D eigenvalue weighted by molar-refractivity contribution is 6.31. The Hall–Kier alpha value is -2.93. The Balaban J connectivity index is 1.98. The fourth-order valence-corrected chi connectivity index (χ4v) is 2.09. The quantitative estimate of drug-likeness (QED) is 0.723. The molecule has 110 valence electrons. The van der Waals surface area contributed by atoms with E-state index in [1.54, 1.807) is 36.4 Å². The number of carbonyl (C=O) groups is 1. The molecule has 0 saturated heterocycles. The zero-order valence-electron chi connectivity index (χ0n) is 11.1. The topological polar surface area (TPSA) is 92.9 Å². The summed E-state index contributed by atoms with van der Waals surface area (Å²) in [5.74, 6) is -0.433. The van der Waals surface area contributed by atoms with Crippen molar-refractivity contribution in [2.24, 2.45) is 0 Å². The van der Waals surface area contributed by atoms with Crippen LogP contribution in [-0.4, -0.2) is 31.2 Å². The van der Waals surface area contributed by atoms with Gasteiger partial charge in [-0.15, -0.1) is 5.10 Å². The second-order valence-electron chi connectivity index (χ2n) is 4.39. The number of para-hydroxylation sites is 2. The molecule has 1 aromatic heterocycles. The van der Waals surface area contributed by atoms with Crippen LogP contribution in [0.2, 0.25) is 5.02 Å². The molecule has 0 saturated carbocycles. The van der Waals surface area contributed by atoms with Crippen molar-refractivity contribution in [1.29, 1.82) is 0 Å². The van der Waals surface area contributed by atoms with Gasteiger partial charge in [0.05, 0.1) is 16.9 Å². The summed E-state index contributed by atoms with van der Waals surface area (Å²) in [6, 6.07) is 11.2. The van der Waals surface area contributed by atoms with Crippen LogP contribution in [0.4, 0.5) is 5.69 Å². The Kier molecular flexibility index (Phi) is 3.71. The number of carbonyl (C=O) groups excluding carboxylic acids is 1. The number of aromatic nitrogens is 4. The molecule has 0 aliphatic carbocycles. The van der Waals surface area contributed by atoms with Gasteiger partial charge in [0.15, 0.2) is 0 Å². The molecular formula is C14H10ClN5O2. The summed E-state index contributed by atoms with van der Waals surface area (Å²) < 4.78 is 1.34. The molecule has 8 heteroatoms. The molecule has 0 bridgehead atoms. The number of tetrazole rings is 1. The molecule has 2 N–H and O–H groups in total. The fourth-order valence-electron chi connectivity index (χ4n) is 1.93. The number of nitrogens with one attached hydrogen (secondary N) is 1. The number of anilines is 1. The van der Waals surface area contributed by atoms with Crippen LogP contribution in [0.25, 0.3) is 5.69 Å². The minimum Gasteiger partial charge on any atom is -0.506 e. The van der Waals surface area contributed by atoms with Crippen LogP contribution in [0, 0.1) is 0 Å². The second kappa shape index (κ2) is 5.82. The van der Waals surface area contributed by atoms with Crippen molar-refractivity contribution in [1.82, 2.24) is 20.2 Å². The maximum absolute atomic E-state index is 12.4. The normalized spacial score (nSPS) is 10.4. The molecule has 3 aromatic rings. The average molecular weight is 316 g/mol. The lowest BCUT2D eigenvalue weighted by Gasteiger charge is -2.10. The largest absolute Gasteiger partial charge is 0.506 e. The Morgan fingerprint density at radius 2 is 2.05 bits per heavy atom. The molecule has 22 heavy (non-hydrogen) atoms. The summed E-state index contributed by atoms with van der Waals surface area (Å²) in [7, 11) is 0. The van der Waals surface area contributed by atoms with Crippen molar-refractivity contribution in [3.8, 4) is 11.4 Å². The van der Waals surface area contributed by atoms with Crippen molar-refractivity contribution < 1.29 is 9.90 Å². The molecule has 2 aromatic carbocycles. The zero-order chi connectivity index (χ0) is 15.5. The van der Waals surface area contributed by atoms with Gasteiger partial charge in [-0.05, 0) is 40.8 Å². The van der Waals surface area contributed by atoms with Crippen molar-refractivity contribution in [3.63, 3.8) is 0 Å². The van der Waals surface area contributed by atoms with Crippen molar-refractivity contribution in [3.05, 3.63) is 59.4 Å². The number of benzene rings is 2. The summed E-state index contributed by atoms with van der Waals surface area (Å²) in [6.07, 6.45) is 1.36. The number of nitrogens with zero attached hydrogens (tertiary/aromatic N) is 4. The third-order valence-corrected chi connectivity index (χ3v) is 3.19. The number of rotatable bonds is 3. The van der Waals surface area contributed by atoms with Crippen LogP contribution in [0.3, 0.4) is 0 Å². The highest BCUT2D eigenvalue weighted by Gasteiger charge is 2.15. The highest BCUT2D eigenvalue weighted by atomic mass is 35.5. The lowest BCUT2D eigenvalue weighted by Crippen LogP contribution is -2.15. The Morgan fingerprint density at radius 1 is 1.23 bits per heavy atom. The van der Waals surface area contributed by atoms with E-state index in [1.165, 1.54) is 17.1 Å². The summed E-state index contributed by atoms with van der Waals surface area (Å²) in [6.45, 7) is 0. The molecule has 0 unspecified atom stereocenters. The summed E-state index contributed by atoms with van der Waals surface area (Å²) in [5.41, 5.74) is 1.07. The Bertz CT molecular complexity index is 820. The minimum atomic E-state index is -0.413.